The van der Waals surface area contributed by atoms with E-state index in [1.165, 1.54) is 0 Å². The van der Waals surface area contributed by atoms with Crippen LogP contribution in [0, 0.1) is 5.92 Å². The predicted molar refractivity (Wildman–Crippen MR) is 233 cm³/mol. The Morgan fingerprint density at radius 2 is 1.30 bits per heavy atom. The number of carbonyl (C=O) groups excluding carboxylic acids is 3. The summed E-state index contributed by atoms with van der Waals surface area (Å²) in [5, 5.41) is 2.77. The topological polar surface area (TPSA) is 149 Å². The molecule has 4 aromatic carbocycles. The zero-order chi connectivity index (χ0) is 42.5. The Balaban J connectivity index is 0.921. The Hall–Kier alpha value is -6.57. The van der Waals surface area contributed by atoms with Crippen LogP contribution in [-0.4, -0.2) is 92.9 Å². The quantitative estimate of drug-likeness (QED) is 0.106. The summed E-state index contributed by atoms with van der Waals surface area (Å²) in [6.45, 7) is 5.51. The zero-order valence-corrected chi connectivity index (χ0v) is 35.0. The van der Waals surface area contributed by atoms with Gasteiger partial charge in [0.25, 0.3) is 5.91 Å². The lowest BCUT2D eigenvalue weighted by molar-refractivity contribution is -0.139. The minimum atomic E-state index is -0.959. The first-order valence-electron chi connectivity index (χ1n) is 20.9. The molecule has 2 aliphatic heterocycles. The Kier molecular flexibility index (Phi) is 12.4. The first kappa shape index (κ1) is 41.2. The van der Waals surface area contributed by atoms with Gasteiger partial charge in [0.1, 0.15) is 17.9 Å². The number of imidazole rings is 2. The zero-order valence-electron chi connectivity index (χ0n) is 35.0. The third-order valence-electron chi connectivity index (χ3n) is 11.2. The van der Waals surface area contributed by atoms with Crippen molar-refractivity contribution in [3.05, 3.63) is 144 Å². The maximum Gasteiger partial charge on any atom is 0.408 e. The van der Waals surface area contributed by atoms with Gasteiger partial charge in [0.05, 0.1) is 43.0 Å². The van der Waals surface area contributed by atoms with Gasteiger partial charge in [0, 0.05) is 13.1 Å². The molecule has 0 bridgehead atoms. The van der Waals surface area contributed by atoms with Crippen molar-refractivity contribution in [2.24, 2.45) is 5.92 Å². The van der Waals surface area contributed by atoms with Crippen LogP contribution in [-0.2, 0) is 19.1 Å². The van der Waals surface area contributed by atoms with Crippen LogP contribution in [0.1, 0.15) is 73.8 Å². The lowest BCUT2D eigenvalue weighted by atomic mass is 10.0. The standard InChI is InChI=1S/C48H52N8O5/c1-31(2)30-61-48(59)53-41(36-12-7-5-8-13-36)45(57)56-26-27-60-47(56)44-50-29-39(52-44)35-23-19-33(20-24-35)32-17-21-34(22-18-32)38-28-49-43(51-38)40-16-11-25-55(40)46(58)42(54(3)4)37-14-9-6-10-15-37/h5-10,12-15,17-24,28-29,31,40-42,47H,11,16,25-27,30H2,1-4H3,(H,49,51)(H,50,52)(H,53,59). The van der Waals surface area contributed by atoms with E-state index in [9.17, 15) is 14.4 Å². The van der Waals surface area contributed by atoms with Gasteiger partial charge in [0.15, 0.2) is 12.1 Å². The minimum absolute atomic E-state index is 0.0884. The van der Waals surface area contributed by atoms with E-state index < -0.39 is 18.4 Å². The van der Waals surface area contributed by atoms with Crippen LogP contribution in [0.25, 0.3) is 33.6 Å². The molecular weight excluding hydrogens is 769 g/mol. The molecule has 13 heteroatoms. The van der Waals surface area contributed by atoms with E-state index in [0.717, 1.165) is 57.9 Å². The van der Waals surface area contributed by atoms with Crippen molar-refractivity contribution in [1.82, 2.24) is 40.0 Å². The fourth-order valence-electron chi connectivity index (χ4n) is 8.14. The number of rotatable bonds is 13. The molecule has 13 nitrogen and oxygen atoms in total. The second-order valence-electron chi connectivity index (χ2n) is 16.2. The Bertz CT molecular complexity index is 2410. The molecule has 2 aromatic heterocycles. The highest BCUT2D eigenvalue weighted by molar-refractivity contribution is 5.87. The van der Waals surface area contributed by atoms with Crippen molar-refractivity contribution >= 4 is 17.9 Å². The summed E-state index contributed by atoms with van der Waals surface area (Å²) >= 11 is 0. The average Bonchev–Trinajstić information content (AvgIpc) is 4.13. The summed E-state index contributed by atoms with van der Waals surface area (Å²) in [5.74, 6) is 1.23. The Morgan fingerprint density at radius 1 is 0.738 bits per heavy atom. The number of likely N-dealkylation sites (tertiary alicyclic amines) is 1. The molecule has 2 saturated heterocycles. The van der Waals surface area contributed by atoms with Crippen LogP contribution >= 0.6 is 0 Å². The number of hydrogen-bond acceptors (Lipinski definition) is 8. The molecule has 4 unspecified atom stereocenters. The van der Waals surface area contributed by atoms with Crippen molar-refractivity contribution in [2.75, 3.05) is 40.4 Å². The van der Waals surface area contributed by atoms with Gasteiger partial charge >= 0.3 is 6.09 Å². The molecule has 4 heterocycles. The van der Waals surface area contributed by atoms with Gasteiger partial charge in [-0.05, 0) is 66.2 Å². The van der Waals surface area contributed by atoms with E-state index in [2.05, 4.69) is 56.7 Å². The minimum Gasteiger partial charge on any atom is -0.449 e. The van der Waals surface area contributed by atoms with Gasteiger partial charge in [-0.3, -0.25) is 14.5 Å². The van der Waals surface area contributed by atoms with Crippen molar-refractivity contribution in [3.63, 3.8) is 0 Å². The first-order valence-corrected chi connectivity index (χ1v) is 20.9. The summed E-state index contributed by atoms with van der Waals surface area (Å²) in [7, 11) is 3.90. The molecule has 2 fully saturated rings. The largest absolute Gasteiger partial charge is 0.449 e. The molecule has 6 aromatic rings. The molecule has 61 heavy (non-hydrogen) atoms. The molecule has 0 spiro atoms. The van der Waals surface area contributed by atoms with E-state index in [1.54, 1.807) is 23.2 Å². The third kappa shape index (κ3) is 9.13. The Labute approximate surface area is 356 Å². The number of amides is 3. The van der Waals surface area contributed by atoms with Crippen LogP contribution in [0.4, 0.5) is 4.79 Å². The molecular formula is C48H52N8O5. The maximum atomic E-state index is 14.0. The van der Waals surface area contributed by atoms with Crippen molar-refractivity contribution in [1.29, 1.82) is 0 Å². The van der Waals surface area contributed by atoms with Crippen molar-refractivity contribution < 1.29 is 23.9 Å². The average molecular weight is 821 g/mol. The molecule has 0 aliphatic carbocycles. The van der Waals surface area contributed by atoms with Crippen LogP contribution in [0.3, 0.4) is 0 Å². The molecule has 4 atom stereocenters. The fourth-order valence-corrected chi connectivity index (χ4v) is 8.14. The van der Waals surface area contributed by atoms with Crippen LogP contribution in [0.2, 0.25) is 0 Å². The Morgan fingerprint density at radius 3 is 1.89 bits per heavy atom. The normalized spacial score (nSPS) is 17.5. The summed E-state index contributed by atoms with van der Waals surface area (Å²) in [6.07, 6.45) is 3.98. The molecule has 3 amide bonds. The van der Waals surface area contributed by atoms with Crippen LogP contribution in [0.5, 0.6) is 0 Å². The summed E-state index contributed by atoms with van der Waals surface area (Å²) in [4.78, 5) is 62.5. The van der Waals surface area contributed by atoms with Gasteiger partial charge in [-0.15, -0.1) is 0 Å². The van der Waals surface area contributed by atoms with E-state index in [-0.39, 0.29) is 36.4 Å². The number of likely N-dealkylation sites (N-methyl/N-ethyl adjacent to an activating group) is 1. The number of nitrogens with zero attached hydrogens (tertiary/aromatic N) is 5. The monoisotopic (exact) mass is 820 g/mol. The second-order valence-corrected chi connectivity index (χ2v) is 16.2. The fraction of sp³-hybridized carbons (Fsp3) is 0.312. The number of H-pyrrole nitrogens is 2. The highest BCUT2D eigenvalue weighted by Gasteiger charge is 2.39. The van der Waals surface area contributed by atoms with Gasteiger partial charge in [-0.1, -0.05) is 123 Å². The van der Waals surface area contributed by atoms with Gasteiger partial charge in [0.2, 0.25) is 5.91 Å². The highest BCUT2D eigenvalue weighted by atomic mass is 16.5. The lowest BCUT2D eigenvalue weighted by Crippen LogP contribution is -2.43. The van der Waals surface area contributed by atoms with E-state index >= 15 is 0 Å². The molecule has 0 saturated carbocycles. The molecule has 2 aliphatic rings. The van der Waals surface area contributed by atoms with Gasteiger partial charge < -0.3 is 34.6 Å². The van der Waals surface area contributed by atoms with Gasteiger partial charge in [-0.2, -0.15) is 0 Å². The highest BCUT2D eigenvalue weighted by Crippen LogP contribution is 2.36. The molecule has 8 rings (SSSR count). The number of nitrogens with one attached hydrogen (secondary N) is 3. The van der Waals surface area contributed by atoms with Gasteiger partial charge in [-0.25, -0.2) is 14.8 Å². The van der Waals surface area contributed by atoms with Crippen molar-refractivity contribution in [2.45, 2.75) is 51.0 Å². The number of aromatic nitrogens is 4. The number of aromatic amines is 2. The van der Waals surface area contributed by atoms with E-state index in [4.69, 9.17) is 14.5 Å². The summed E-state index contributed by atoms with van der Waals surface area (Å²) in [5.41, 5.74) is 7.36. The predicted octanol–water partition coefficient (Wildman–Crippen LogP) is 8.08. The lowest BCUT2D eigenvalue weighted by Gasteiger charge is -2.31. The number of hydrogen-bond donors (Lipinski definition) is 3. The van der Waals surface area contributed by atoms with E-state index in [0.29, 0.717) is 31.1 Å². The number of ether oxygens (including phenoxy) is 2. The molecule has 314 valence electrons. The number of carbonyl (C=O) groups is 3. The smallest absolute Gasteiger partial charge is 0.408 e. The van der Waals surface area contributed by atoms with E-state index in [1.807, 2.05) is 105 Å². The van der Waals surface area contributed by atoms with Crippen LogP contribution < -0.4 is 5.32 Å². The number of benzene rings is 4. The molecule has 3 N–H and O–H groups in total. The second kappa shape index (κ2) is 18.4. The van der Waals surface area contributed by atoms with Crippen LogP contribution in [0.15, 0.2) is 122 Å². The maximum absolute atomic E-state index is 14.0. The first-order chi connectivity index (χ1) is 29.6. The molecule has 0 radical (unpaired) electrons. The third-order valence-corrected chi connectivity index (χ3v) is 11.2. The summed E-state index contributed by atoms with van der Waals surface area (Å²) in [6, 6.07) is 34.2. The van der Waals surface area contributed by atoms with Crippen molar-refractivity contribution in [3.8, 4) is 33.6 Å². The SMILES string of the molecule is CC(C)COC(=O)NC(C(=O)N1CCOC1c1ncc(-c2ccc(-c3ccc(-c4cnc(C5CCCN5C(=O)C(c5ccccc5)N(C)C)[nH]4)cc3)cc2)[nH]1)c1ccccc1. The number of alkyl carbamates (subject to hydrolysis) is 1. The summed E-state index contributed by atoms with van der Waals surface area (Å²) < 4.78 is 11.4.